The number of rotatable bonds is 2. The maximum absolute atomic E-state index is 5.66. The Bertz CT molecular complexity index is 552. The van der Waals surface area contributed by atoms with E-state index in [1.165, 1.54) is 0 Å². The Balaban J connectivity index is 2.58. The lowest BCUT2D eigenvalue weighted by Gasteiger charge is -2.09. The van der Waals surface area contributed by atoms with Crippen LogP contribution in [0.15, 0.2) is 24.3 Å². The zero-order valence-corrected chi connectivity index (χ0v) is 10.2. The van der Waals surface area contributed by atoms with Crippen molar-refractivity contribution in [2.75, 3.05) is 12.8 Å². The van der Waals surface area contributed by atoms with Crippen LogP contribution in [0.3, 0.4) is 0 Å². The first-order chi connectivity index (χ1) is 8.11. The molecule has 4 nitrogen and oxygen atoms in total. The summed E-state index contributed by atoms with van der Waals surface area (Å²) < 4.78 is 5.33. The number of nitrogen functional groups attached to an aromatic ring is 1. The van der Waals surface area contributed by atoms with Gasteiger partial charge in [0, 0.05) is 5.56 Å². The molecule has 2 aromatic rings. The third kappa shape index (κ3) is 2.20. The molecule has 0 aliphatic heterocycles. The van der Waals surface area contributed by atoms with Crippen LogP contribution in [-0.4, -0.2) is 17.3 Å². The minimum absolute atomic E-state index is 0.459. The molecule has 2 N–H and O–H groups in total. The molecule has 0 amide bonds. The number of hydrogen-bond acceptors (Lipinski definition) is 4. The van der Waals surface area contributed by atoms with E-state index in [-0.39, 0.29) is 0 Å². The maximum atomic E-state index is 5.66. The van der Waals surface area contributed by atoms with Gasteiger partial charge in [0.1, 0.15) is 11.6 Å². The number of aromatic nitrogens is 2. The molecule has 0 aliphatic carbocycles. The van der Waals surface area contributed by atoms with Gasteiger partial charge in [-0.3, -0.25) is 0 Å². The van der Waals surface area contributed by atoms with Crippen LogP contribution >= 0.6 is 0 Å². The van der Waals surface area contributed by atoms with E-state index in [2.05, 4.69) is 10.2 Å². The summed E-state index contributed by atoms with van der Waals surface area (Å²) in [6.07, 6.45) is 0. The van der Waals surface area contributed by atoms with Gasteiger partial charge in [0.05, 0.1) is 12.8 Å². The third-order valence-corrected chi connectivity index (χ3v) is 2.65. The van der Waals surface area contributed by atoms with Crippen molar-refractivity contribution < 1.29 is 4.74 Å². The molecule has 0 spiro atoms. The summed E-state index contributed by atoms with van der Waals surface area (Å²) in [6.45, 7) is 3.94. The minimum atomic E-state index is 0.459. The number of hydrogen-bond donors (Lipinski definition) is 1. The lowest BCUT2D eigenvalue weighted by molar-refractivity contribution is 0.416. The highest BCUT2D eigenvalue weighted by molar-refractivity contribution is 5.69. The van der Waals surface area contributed by atoms with Crippen molar-refractivity contribution in [1.82, 2.24) is 10.2 Å². The second kappa shape index (κ2) is 4.41. The minimum Gasteiger partial charge on any atom is -0.496 e. The van der Waals surface area contributed by atoms with Crippen LogP contribution in [-0.2, 0) is 0 Å². The normalized spacial score (nSPS) is 10.3. The van der Waals surface area contributed by atoms with Crippen LogP contribution < -0.4 is 10.5 Å². The first-order valence-electron chi connectivity index (χ1n) is 5.36. The lowest BCUT2D eigenvalue weighted by Crippen LogP contribution is -1.99. The molecular formula is C13H15N3O. The summed E-state index contributed by atoms with van der Waals surface area (Å²) in [5.74, 6) is 1.24. The zero-order valence-electron chi connectivity index (χ0n) is 10.2. The van der Waals surface area contributed by atoms with Crippen molar-refractivity contribution in [3.05, 3.63) is 35.4 Å². The molecule has 0 radical (unpaired) electrons. The molecule has 4 heteroatoms. The number of aryl methyl sites for hydroxylation is 2. The number of benzene rings is 1. The predicted octanol–water partition coefficient (Wildman–Crippen LogP) is 2.35. The molecule has 17 heavy (non-hydrogen) atoms. The molecule has 1 aromatic heterocycles. The number of anilines is 1. The fourth-order valence-electron chi connectivity index (χ4n) is 1.65. The summed E-state index contributed by atoms with van der Waals surface area (Å²) in [5, 5.41) is 8.04. The number of ether oxygens (including phenoxy) is 1. The van der Waals surface area contributed by atoms with Crippen LogP contribution in [0.5, 0.6) is 5.75 Å². The fourth-order valence-corrected chi connectivity index (χ4v) is 1.65. The summed E-state index contributed by atoms with van der Waals surface area (Å²) in [5.41, 5.74) is 9.44. The van der Waals surface area contributed by atoms with Gasteiger partial charge >= 0.3 is 0 Å². The summed E-state index contributed by atoms with van der Waals surface area (Å²) >= 11 is 0. The quantitative estimate of drug-likeness (QED) is 0.858. The maximum Gasteiger partial charge on any atom is 0.149 e. The van der Waals surface area contributed by atoms with E-state index in [4.69, 9.17) is 10.5 Å². The molecular weight excluding hydrogens is 214 g/mol. The van der Waals surface area contributed by atoms with Crippen molar-refractivity contribution in [3.8, 4) is 17.0 Å². The highest BCUT2D eigenvalue weighted by atomic mass is 16.5. The molecule has 0 fully saturated rings. The second-order valence-electron chi connectivity index (χ2n) is 4.00. The first-order valence-corrected chi connectivity index (χ1v) is 5.36. The first kappa shape index (κ1) is 11.4. The fraction of sp³-hybridized carbons (Fsp3) is 0.231. The number of methoxy groups -OCH3 is 1. The van der Waals surface area contributed by atoms with Gasteiger partial charge in [-0.15, -0.1) is 10.2 Å². The Hall–Kier alpha value is -2.10. The van der Waals surface area contributed by atoms with Gasteiger partial charge in [-0.05, 0) is 37.6 Å². The average molecular weight is 229 g/mol. The molecule has 0 bridgehead atoms. The molecule has 0 saturated heterocycles. The summed E-state index contributed by atoms with van der Waals surface area (Å²) in [4.78, 5) is 0. The van der Waals surface area contributed by atoms with E-state index in [0.29, 0.717) is 5.82 Å². The predicted molar refractivity (Wildman–Crippen MR) is 67.9 cm³/mol. The Labute approximate surface area is 100 Å². The molecule has 0 atom stereocenters. The van der Waals surface area contributed by atoms with Crippen molar-refractivity contribution in [3.63, 3.8) is 0 Å². The van der Waals surface area contributed by atoms with Crippen LogP contribution in [0.25, 0.3) is 11.3 Å². The van der Waals surface area contributed by atoms with Gasteiger partial charge in [-0.2, -0.15) is 0 Å². The summed E-state index contributed by atoms with van der Waals surface area (Å²) in [7, 11) is 1.64. The Morgan fingerprint density at radius 3 is 2.53 bits per heavy atom. The number of nitrogens with zero attached hydrogens (tertiary/aromatic N) is 2. The van der Waals surface area contributed by atoms with Gasteiger partial charge in [0.15, 0.2) is 0 Å². The lowest BCUT2D eigenvalue weighted by atomic mass is 10.1. The third-order valence-electron chi connectivity index (χ3n) is 2.65. The van der Waals surface area contributed by atoms with Crippen molar-refractivity contribution >= 4 is 5.82 Å². The summed E-state index contributed by atoms with van der Waals surface area (Å²) in [6, 6.07) is 7.87. The smallest absolute Gasteiger partial charge is 0.149 e. The molecule has 1 heterocycles. The molecule has 2 rings (SSSR count). The van der Waals surface area contributed by atoms with Crippen molar-refractivity contribution in [2.45, 2.75) is 13.8 Å². The second-order valence-corrected chi connectivity index (χ2v) is 4.00. The van der Waals surface area contributed by atoms with Crippen LogP contribution in [0.2, 0.25) is 0 Å². The van der Waals surface area contributed by atoms with E-state index in [9.17, 15) is 0 Å². The zero-order chi connectivity index (χ0) is 12.4. The number of nitrogens with two attached hydrogens (primary N) is 1. The molecule has 88 valence electrons. The monoisotopic (exact) mass is 229 g/mol. The van der Waals surface area contributed by atoms with Gasteiger partial charge in [0.25, 0.3) is 0 Å². The van der Waals surface area contributed by atoms with Gasteiger partial charge in [-0.25, -0.2) is 0 Å². The Kier molecular flexibility index (Phi) is 2.95. The Morgan fingerprint density at radius 1 is 1.12 bits per heavy atom. The molecule has 0 unspecified atom stereocenters. The van der Waals surface area contributed by atoms with E-state index >= 15 is 0 Å². The van der Waals surface area contributed by atoms with E-state index in [1.54, 1.807) is 7.11 Å². The van der Waals surface area contributed by atoms with Crippen LogP contribution in [0.4, 0.5) is 5.82 Å². The Morgan fingerprint density at radius 2 is 1.88 bits per heavy atom. The van der Waals surface area contributed by atoms with Gasteiger partial charge < -0.3 is 10.5 Å². The van der Waals surface area contributed by atoms with E-state index < -0.39 is 0 Å². The van der Waals surface area contributed by atoms with Gasteiger partial charge in [0.2, 0.25) is 0 Å². The van der Waals surface area contributed by atoms with E-state index in [1.807, 2.05) is 38.1 Å². The van der Waals surface area contributed by atoms with Crippen LogP contribution in [0.1, 0.15) is 11.1 Å². The molecule has 1 aromatic carbocycles. The highest BCUT2D eigenvalue weighted by Crippen LogP contribution is 2.29. The largest absolute Gasteiger partial charge is 0.496 e. The van der Waals surface area contributed by atoms with E-state index in [0.717, 1.165) is 28.1 Å². The molecule has 0 saturated carbocycles. The van der Waals surface area contributed by atoms with Crippen molar-refractivity contribution in [2.24, 2.45) is 0 Å². The van der Waals surface area contributed by atoms with Gasteiger partial charge in [-0.1, -0.05) is 11.6 Å². The van der Waals surface area contributed by atoms with Crippen molar-refractivity contribution in [1.29, 1.82) is 0 Å². The SMILES string of the molecule is COc1ccc(C)cc1-c1cc(C)c(N)nn1. The standard InChI is InChI=1S/C13H15N3O/c1-8-4-5-12(17-3)10(6-8)11-7-9(2)13(14)16-15-11/h4-7H,1-3H3,(H2,14,16). The average Bonchev–Trinajstić information content (AvgIpc) is 2.32. The molecule has 0 aliphatic rings. The topological polar surface area (TPSA) is 61.0 Å². The highest BCUT2D eigenvalue weighted by Gasteiger charge is 2.09. The van der Waals surface area contributed by atoms with Crippen LogP contribution in [0, 0.1) is 13.8 Å².